The molecule has 152 valence electrons. The van der Waals surface area contributed by atoms with Crippen molar-refractivity contribution >= 4 is 58.0 Å². The first-order valence-electron chi connectivity index (χ1n) is 8.69. The average molecular weight is 455 g/mol. The molecule has 0 saturated carbocycles. The Balaban J connectivity index is 1.85. The van der Waals surface area contributed by atoms with Gasteiger partial charge in [-0.25, -0.2) is 0 Å². The summed E-state index contributed by atoms with van der Waals surface area (Å²) in [6.07, 6.45) is 0.197. The Labute approximate surface area is 183 Å². The van der Waals surface area contributed by atoms with Crippen LogP contribution in [0.4, 0.5) is 5.69 Å². The van der Waals surface area contributed by atoms with E-state index in [0.717, 1.165) is 0 Å². The molecule has 9 heteroatoms. The van der Waals surface area contributed by atoms with Crippen molar-refractivity contribution in [2.75, 3.05) is 12.4 Å². The zero-order valence-electron chi connectivity index (χ0n) is 15.9. The fraction of sp³-hybridized carbons (Fsp3) is 0.250. The first kappa shape index (κ1) is 21.4. The molecule has 6 nitrogen and oxygen atoms in total. The lowest BCUT2D eigenvalue weighted by atomic mass is 9.94. The highest BCUT2D eigenvalue weighted by Crippen LogP contribution is 2.33. The third kappa shape index (κ3) is 4.34. The van der Waals surface area contributed by atoms with E-state index in [0.29, 0.717) is 37.6 Å². The summed E-state index contributed by atoms with van der Waals surface area (Å²) in [6.45, 7) is 3.37. The van der Waals surface area contributed by atoms with Gasteiger partial charge in [0.25, 0.3) is 11.8 Å². The maximum Gasteiger partial charge on any atom is 0.271 e. The minimum absolute atomic E-state index is 0.197. The molecule has 2 aromatic rings. The number of nitrogens with one attached hydrogen (secondary N) is 2. The number of carbonyl (C=O) groups excluding carboxylic acids is 2. The number of amides is 2. The molecule has 1 atom stereocenters. The normalized spacial score (nSPS) is 18.1. The highest BCUT2D eigenvalue weighted by atomic mass is 35.5. The SMILES string of the molecule is CNC(=O)c1cc(Cl)cc(C)c1NC(=O)C1(C)CC(c2ccc(Cl)cc2Cl)=NO1. The fourth-order valence-corrected chi connectivity index (χ4v) is 3.79. The van der Waals surface area contributed by atoms with Crippen LogP contribution in [0.3, 0.4) is 0 Å². The number of nitrogens with zero attached hydrogens (tertiary/aromatic N) is 1. The number of benzene rings is 2. The minimum atomic E-state index is -1.27. The van der Waals surface area contributed by atoms with Crippen molar-refractivity contribution in [3.05, 3.63) is 62.1 Å². The Hall–Kier alpha value is -2.28. The summed E-state index contributed by atoms with van der Waals surface area (Å²) < 4.78 is 0. The van der Waals surface area contributed by atoms with Crippen LogP contribution < -0.4 is 10.6 Å². The van der Waals surface area contributed by atoms with Gasteiger partial charge in [-0.2, -0.15) is 0 Å². The molecule has 1 aliphatic heterocycles. The number of anilines is 1. The van der Waals surface area contributed by atoms with Gasteiger partial charge in [0.1, 0.15) is 0 Å². The minimum Gasteiger partial charge on any atom is -0.379 e. The van der Waals surface area contributed by atoms with E-state index in [1.54, 1.807) is 38.1 Å². The molecule has 0 saturated heterocycles. The summed E-state index contributed by atoms with van der Waals surface area (Å²) in [6, 6.07) is 8.17. The van der Waals surface area contributed by atoms with Gasteiger partial charge in [-0.1, -0.05) is 46.0 Å². The molecule has 0 radical (unpaired) electrons. The van der Waals surface area contributed by atoms with Crippen LogP contribution >= 0.6 is 34.8 Å². The molecule has 1 heterocycles. The van der Waals surface area contributed by atoms with E-state index in [9.17, 15) is 9.59 Å². The number of oxime groups is 1. The number of carbonyl (C=O) groups is 2. The van der Waals surface area contributed by atoms with Crippen LogP contribution in [-0.4, -0.2) is 30.2 Å². The predicted molar refractivity (Wildman–Crippen MR) is 115 cm³/mol. The van der Waals surface area contributed by atoms with E-state index in [-0.39, 0.29) is 17.9 Å². The van der Waals surface area contributed by atoms with Crippen LogP contribution in [0.15, 0.2) is 35.5 Å². The lowest BCUT2D eigenvalue weighted by Gasteiger charge is -2.22. The molecule has 1 aliphatic rings. The van der Waals surface area contributed by atoms with E-state index in [2.05, 4.69) is 15.8 Å². The average Bonchev–Trinajstić information content (AvgIpc) is 3.06. The number of halogens is 3. The van der Waals surface area contributed by atoms with Gasteiger partial charge in [-0.05, 0) is 43.7 Å². The van der Waals surface area contributed by atoms with Gasteiger partial charge in [0.15, 0.2) is 0 Å². The summed E-state index contributed by atoms with van der Waals surface area (Å²) in [5.41, 5.74) is 1.17. The van der Waals surface area contributed by atoms with Gasteiger partial charge >= 0.3 is 0 Å². The third-order valence-corrected chi connectivity index (χ3v) is 5.36. The lowest BCUT2D eigenvalue weighted by molar-refractivity contribution is -0.135. The summed E-state index contributed by atoms with van der Waals surface area (Å²) in [5.74, 6) is -0.815. The van der Waals surface area contributed by atoms with Crippen molar-refractivity contribution in [1.82, 2.24) is 5.32 Å². The van der Waals surface area contributed by atoms with Gasteiger partial charge in [-0.3, -0.25) is 9.59 Å². The van der Waals surface area contributed by atoms with Crippen molar-refractivity contribution in [2.24, 2.45) is 5.16 Å². The molecule has 0 spiro atoms. The number of hydrogen-bond donors (Lipinski definition) is 2. The molecule has 2 aromatic carbocycles. The highest BCUT2D eigenvalue weighted by molar-refractivity contribution is 6.37. The van der Waals surface area contributed by atoms with Crippen molar-refractivity contribution in [2.45, 2.75) is 25.9 Å². The Kier molecular flexibility index (Phi) is 6.08. The topological polar surface area (TPSA) is 79.8 Å². The summed E-state index contributed by atoms with van der Waals surface area (Å²) in [4.78, 5) is 30.7. The quantitative estimate of drug-likeness (QED) is 0.694. The summed E-state index contributed by atoms with van der Waals surface area (Å²) >= 11 is 18.2. The van der Waals surface area contributed by atoms with Gasteiger partial charge in [-0.15, -0.1) is 0 Å². The molecule has 29 heavy (non-hydrogen) atoms. The third-order valence-electron chi connectivity index (χ3n) is 4.59. The van der Waals surface area contributed by atoms with Crippen LogP contribution in [0, 0.1) is 6.92 Å². The van der Waals surface area contributed by atoms with Crippen molar-refractivity contribution < 1.29 is 14.4 Å². The monoisotopic (exact) mass is 453 g/mol. The molecule has 0 aliphatic carbocycles. The standard InChI is InChI=1S/C20H18Cl3N3O3/c1-10-6-12(22)7-14(18(27)24-3)17(10)25-19(28)20(2)9-16(26-29-20)13-5-4-11(21)8-15(13)23/h4-8H,9H2,1-3H3,(H,24,27)(H,25,28). The molecule has 0 aromatic heterocycles. The first-order chi connectivity index (χ1) is 13.6. The second kappa shape index (κ2) is 8.22. The molecule has 0 fully saturated rings. The van der Waals surface area contributed by atoms with E-state index >= 15 is 0 Å². The van der Waals surface area contributed by atoms with Crippen LogP contribution in [-0.2, 0) is 9.63 Å². The largest absolute Gasteiger partial charge is 0.379 e. The Morgan fingerprint density at radius 1 is 1.14 bits per heavy atom. The van der Waals surface area contributed by atoms with E-state index in [1.165, 1.54) is 13.1 Å². The van der Waals surface area contributed by atoms with Crippen LogP contribution in [0.1, 0.15) is 34.8 Å². The first-order valence-corrected chi connectivity index (χ1v) is 9.82. The molecule has 3 rings (SSSR count). The fourth-order valence-electron chi connectivity index (χ4n) is 3.00. The Bertz CT molecular complexity index is 1040. The summed E-state index contributed by atoms with van der Waals surface area (Å²) in [7, 11) is 1.50. The Morgan fingerprint density at radius 3 is 2.52 bits per heavy atom. The number of aryl methyl sites for hydroxylation is 1. The zero-order valence-corrected chi connectivity index (χ0v) is 18.2. The van der Waals surface area contributed by atoms with Crippen molar-refractivity contribution in [1.29, 1.82) is 0 Å². The maximum atomic E-state index is 13.0. The Morgan fingerprint density at radius 2 is 1.86 bits per heavy atom. The molecular weight excluding hydrogens is 437 g/mol. The van der Waals surface area contributed by atoms with E-state index in [1.807, 2.05) is 0 Å². The zero-order chi connectivity index (χ0) is 21.3. The summed E-state index contributed by atoms with van der Waals surface area (Å²) in [5, 5.41) is 10.7. The predicted octanol–water partition coefficient (Wildman–Crippen LogP) is 4.84. The van der Waals surface area contributed by atoms with Gasteiger partial charge in [0.2, 0.25) is 5.60 Å². The van der Waals surface area contributed by atoms with E-state index < -0.39 is 11.5 Å². The molecular formula is C20H18Cl3N3O3. The number of hydrogen-bond acceptors (Lipinski definition) is 4. The lowest BCUT2D eigenvalue weighted by Crippen LogP contribution is -2.41. The number of rotatable bonds is 4. The van der Waals surface area contributed by atoms with Gasteiger partial charge < -0.3 is 15.5 Å². The van der Waals surface area contributed by atoms with Gasteiger partial charge in [0.05, 0.1) is 22.0 Å². The highest BCUT2D eigenvalue weighted by Gasteiger charge is 2.43. The van der Waals surface area contributed by atoms with E-state index in [4.69, 9.17) is 39.6 Å². The van der Waals surface area contributed by atoms with Gasteiger partial charge in [0, 0.05) is 29.1 Å². The van der Waals surface area contributed by atoms with Crippen LogP contribution in [0.25, 0.3) is 0 Å². The molecule has 0 bridgehead atoms. The molecule has 1 unspecified atom stereocenters. The molecule has 2 amide bonds. The van der Waals surface area contributed by atoms with Crippen molar-refractivity contribution in [3.63, 3.8) is 0 Å². The van der Waals surface area contributed by atoms with Crippen LogP contribution in [0.5, 0.6) is 0 Å². The van der Waals surface area contributed by atoms with Crippen molar-refractivity contribution in [3.8, 4) is 0 Å². The smallest absolute Gasteiger partial charge is 0.271 e. The van der Waals surface area contributed by atoms with Crippen LogP contribution in [0.2, 0.25) is 15.1 Å². The second-order valence-corrected chi connectivity index (χ2v) is 8.12. The molecule has 2 N–H and O–H groups in total. The maximum absolute atomic E-state index is 13.0. The second-order valence-electron chi connectivity index (χ2n) is 6.84.